The zero-order valence-corrected chi connectivity index (χ0v) is 10.1. The summed E-state index contributed by atoms with van der Waals surface area (Å²) in [5.74, 6) is 0. The molecule has 1 aliphatic carbocycles. The summed E-state index contributed by atoms with van der Waals surface area (Å²) in [6.45, 7) is 1.98. The van der Waals surface area contributed by atoms with Gasteiger partial charge in [0.2, 0.25) is 0 Å². The van der Waals surface area contributed by atoms with E-state index in [9.17, 15) is 5.11 Å². The normalized spacial score (nSPS) is 29.2. The van der Waals surface area contributed by atoms with E-state index in [2.05, 4.69) is 11.0 Å². The van der Waals surface area contributed by atoms with Gasteiger partial charge in [0.25, 0.3) is 0 Å². The van der Waals surface area contributed by atoms with Gasteiger partial charge in [-0.2, -0.15) is 0 Å². The molecular formula is C14H20N2O. The van der Waals surface area contributed by atoms with E-state index in [1.165, 1.54) is 11.1 Å². The van der Waals surface area contributed by atoms with Crippen LogP contribution in [0.4, 0.5) is 5.69 Å². The molecule has 0 aromatic heterocycles. The quantitative estimate of drug-likeness (QED) is 0.722. The van der Waals surface area contributed by atoms with E-state index in [1.807, 2.05) is 12.1 Å². The molecule has 0 saturated heterocycles. The molecule has 1 heterocycles. The van der Waals surface area contributed by atoms with Crippen molar-refractivity contribution in [1.29, 1.82) is 0 Å². The monoisotopic (exact) mass is 232 g/mol. The van der Waals surface area contributed by atoms with Crippen molar-refractivity contribution < 1.29 is 5.11 Å². The Morgan fingerprint density at radius 1 is 1.29 bits per heavy atom. The van der Waals surface area contributed by atoms with E-state index in [1.54, 1.807) is 0 Å². The van der Waals surface area contributed by atoms with Gasteiger partial charge in [-0.25, -0.2) is 0 Å². The first-order chi connectivity index (χ1) is 8.25. The fraction of sp³-hybridized carbons (Fsp3) is 0.571. The Morgan fingerprint density at radius 2 is 2.18 bits per heavy atom. The van der Waals surface area contributed by atoms with Gasteiger partial charge < -0.3 is 10.8 Å². The van der Waals surface area contributed by atoms with Crippen LogP contribution in [0.15, 0.2) is 18.2 Å². The number of aliphatic hydroxyl groups is 1. The summed E-state index contributed by atoms with van der Waals surface area (Å²) in [6, 6.07) is 6.55. The molecule has 17 heavy (non-hydrogen) atoms. The van der Waals surface area contributed by atoms with E-state index >= 15 is 0 Å². The molecule has 0 bridgehead atoms. The molecule has 1 fully saturated rings. The van der Waals surface area contributed by atoms with Crippen molar-refractivity contribution in [1.82, 2.24) is 4.90 Å². The second kappa shape index (κ2) is 4.31. The van der Waals surface area contributed by atoms with Crippen LogP contribution in [-0.4, -0.2) is 28.7 Å². The number of hydrogen-bond acceptors (Lipinski definition) is 3. The lowest BCUT2D eigenvalue weighted by Gasteiger charge is -2.35. The van der Waals surface area contributed by atoms with Crippen molar-refractivity contribution in [3.8, 4) is 0 Å². The topological polar surface area (TPSA) is 49.5 Å². The highest BCUT2D eigenvalue weighted by atomic mass is 16.3. The highest BCUT2D eigenvalue weighted by molar-refractivity contribution is 5.51. The van der Waals surface area contributed by atoms with Crippen LogP contribution in [-0.2, 0) is 13.0 Å². The maximum Gasteiger partial charge on any atom is 0.0695 e. The molecule has 92 valence electrons. The predicted molar refractivity (Wildman–Crippen MR) is 68.6 cm³/mol. The summed E-state index contributed by atoms with van der Waals surface area (Å²) in [5.41, 5.74) is 9.58. The first kappa shape index (κ1) is 11.1. The summed E-state index contributed by atoms with van der Waals surface area (Å²) in [4.78, 5) is 2.43. The Labute approximate surface area is 102 Å². The van der Waals surface area contributed by atoms with Gasteiger partial charge in [0.05, 0.1) is 6.10 Å². The summed E-state index contributed by atoms with van der Waals surface area (Å²) in [6.07, 6.45) is 4.15. The van der Waals surface area contributed by atoms with E-state index in [-0.39, 0.29) is 6.10 Å². The Balaban J connectivity index is 1.81. The van der Waals surface area contributed by atoms with Crippen molar-refractivity contribution in [3.63, 3.8) is 0 Å². The number of nitrogens with zero attached hydrogens (tertiary/aromatic N) is 1. The largest absolute Gasteiger partial charge is 0.398 e. The van der Waals surface area contributed by atoms with Gasteiger partial charge in [0.1, 0.15) is 0 Å². The lowest BCUT2D eigenvalue weighted by molar-refractivity contribution is 0.0627. The van der Waals surface area contributed by atoms with Crippen LogP contribution in [0.3, 0.4) is 0 Å². The molecule has 3 heteroatoms. The number of nitrogens with two attached hydrogens (primary N) is 1. The number of rotatable bonds is 1. The van der Waals surface area contributed by atoms with Crippen LogP contribution in [0, 0.1) is 0 Å². The SMILES string of the molecule is Nc1cccc2c1CCN(C1CCCC1O)C2. The second-order valence-corrected chi connectivity index (χ2v) is 5.27. The van der Waals surface area contributed by atoms with Crippen LogP contribution >= 0.6 is 0 Å². The first-order valence-corrected chi connectivity index (χ1v) is 6.54. The maximum absolute atomic E-state index is 9.98. The van der Waals surface area contributed by atoms with Gasteiger partial charge in [-0.3, -0.25) is 4.90 Å². The zero-order chi connectivity index (χ0) is 11.8. The number of anilines is 1. The van der Waals surface area contributed by atoms with E-state index in [0.29, 0.717) is 6.04 Å². The highest BCUT2D eigenvalue weighted by Gasteiger charge is 2.32. The lowest BCUT2D eigenvalue weighted by Crippen LogP contribution is -2.43. The molecule has 2 aliphatic rings. The third kappa shape index (κ3) is 1.94. The maximum atomic E-state index is 9.98. The Morgan fingerprint density at radius 3 is 2.94 bits per heavy atom. The standard InChI is InChI=1S/C14H20N2O/c15-12-4-1-3-10-9-16(8-7-11(10)12)13-5-2-6-14(13)17/h1,3-4,13-14,17H,2,5-9,15H2. The zero-order valence-electron chi connectivity index (χ0n) is 10.1. The van der Waals surface area contributed by atoms with Gasteiger partial charge in [0.15, 0.2) is 0 Å². The number of nitrogen functional groups attached to an aromatic ring is 1. The molecule has 1 saturated carbocycles. The van der Waals surface area contributed by atoms with Crippen molar-refractivity contribution in [2.75, 3.05) is 12.3 Å². The molecule has 1 aromatic carbocycles. The summed E-state index contributed by atoms with van der Waals surface area (Å²) >= 11 is 0. The minimum Gasteiger partial charge on any atom is -0.398 e. The van der Waals surface area contributed by atoms with E-state index in [4.69, 9.17) is 5.73 Å². The van der Waals surface area contributed by atoms with Crippen LogP contribution < -0.4 is 5.73 Å². The second-order valence-electron chi connectivity index (χ2n) is 5.27. The fourth-order valence-corrected chi connectivity index (χ4v) is 3.29. The molecule has 1 aliphatic heterocycles. The minimum absolute atomic E-state index is 0.127. The summed E-state index contributed by atoms with van der Waals surface area (Å²) in [5, 5.41) is 9.98. The molecule has 1 aromatic rings. The van der Waals surface area contributed by atoms with Crippen LogP contribution in [0.5, 0.6) is 0 Å². The molecule has 2 unspecified atom stereocenters. The highest BCUT2D eigenvalue weighted by Crippen LogP contribution is 2.30. The van der Waals surface area contributed by atoms with Crippen LogP contribution in [0.2, 0.25) is 0 Å². The Hall–Kier alpha value is -1.06. The number of hydrogen-bond donors (Lipinski definition) is 2. The molecule has 3 nitrogen and oxygen atoms in total. The van der Waals surface area contributed by atoms with Gasteiger partial charge >= 0.3 is 0 Å². The number of fused-ring (bicyclic) bond motifs is 1. The molecule has 2 atom stereocenters. The fourth-order valence-electron chi connectivity index (χ4n) is 3.29. The molecular weight excluding hydrogens is 212 g/mol. The van der Waals surface area contributed by atoms with Gasteiger partial charge in [-0.15, -0.1) is 0 Å². The first-order valence-electron chi connectivity index (χ1n) is 6.54. The van der Waals surface area contributed by atoms with Gasteiger partial charge in [0, 0.05) is 24.8 Å². The van der Waals surface area contributed by atoms with Gasteiger partial charge in [-0.05, 0) is 42.9 Å². The van der Waals surface area contributed by atoms with Crippen molar-refractivity contribution >= 4 is 5.69 Å². The molecule has 0 radical (unpaired) electrons. The minimum atomic E-state index is -0.127. The third-order valence-electron chi connectivity index (χ3n) is 4.24. The average molecular weight is 232 g/mol. The smallest absolute Gasteiger partial charge is 0.0695 e. The number of aliphatic hydroxyl groups excluding tert-OH is 1. The Kier molecular flexibility index (Phi) is 2.81. The van der Waals surface area contributed by atoms with E-state index in [0.717, 1.165) is 44.5 Å². The lowest BCUT2D eigenvalue weighted by atomic mass is 9.96. The summed E-state index contributed by atoms with van der Waals surface area (Å²) < 4.78 is 0. The van der Waals surface area contributed by atoms with Crippen molar-refractivity contribution in [3.05, 3.63) is 29.3 Å². The molecule has 3 N–H and O–H groups in total. The molecule has 0 amide bonds. The average Bonchev–Trinajstić information content (AvgIpc) is 2.75. The predicted octanol–water partition coefficient (Wildman–Crippen LogP) is 1.54. The van der Waals surface area contributed by atoms with Crippen LogP contribution in [0.1, 0.15) is 30.4 Å². The van der Waals surface area contributed by atoms with Crippen LogP contribution in [0.25, 0.3) is 0 Å². The van der Waals surface area contributed by atoms with E-state index < -0.39 is 0 Å². The Bertz CT molecular complexity index is 419. The third-order valence-corrected chi connectivity index (χ3v) is 4.24. The summed E-state index contributed by atoms with van der Waals surface area (Å²) in [7, 11) is 0. The van der Waals surface area contributed by atoms with Crippen molar-refractivity contribution in [2.24, 2.45) is 0 Å². The number of benzene rings is 1. The molecule has 3 rings (SSSR count). The molecule has 0 spiro atoms. The van der Waals surface area contributed by atoms with Gasteiger partial charge in [-0.1, -0.05) is 12.1 Å². The van der Waals surface area contributed by atoms with Crippen molar-refractivity contribution in [2.45, 2.75) is 44.4 Å².